The van der Waals surface area contributed by atoms with Crippen LogP contribution in [0.15, 0.2) is 14.1 Å². The molecular formula is C10H14BrNO4S3. The zero-order valence-corrected chi connectivity index (χ0v) is 14.4. The van der Waals surface area contributed by atoms with E-state index in [2.05, 4.69) is 20.7 Å². The molecule has 0 unspecified atom stereocenters. The van der Waals surface area contributed by atoms with Crippen LogP contribution in [0.1, 0.15) is 12.0 Å². The average Bonchev–Trinajstić information content (AvgIpc) is 2.65. The Hall–Kier alpha value is -0.0900. The Morgan fingerprint density at radius 2 is 2.26 bits per heavy atom. The highest BCUT2D eigenvalue weighted by molar-refractivity contribution is 9.11. The van der Waals surface area contributed by atoms with Crippen LogP contribution in [0, 0.1) is 6.92 Å². The summed E-state index contributed by atoms with van der Waals surface area (Å²) >= 11 is 5.79. The molecule has 2 N–H and O–H groups in total. The predicted octanol–water partition coefficient (Wildman–Crippen LogP) is 2.30. The maximum Gasteiger partial charge on any atom is 0.321 e. The molecule has 0 aliphatic carbocycles. The van der Waals surface area contributed by atoms with E-state index in [9.17, 15) is 13.2 Å². The van der Waals surface area contributed by atoms with Crippen molar-refractivity contribution in [2.45, 2.75) is 23.6 Å². The highest BCUT2D eigenvalue weighted by Crippen LogP contribution is 2.30. The second kappa shape index (κ2) is 7.07. The number of aryl methyl sites for hydroxylation is 1. The lowest BCUT2D eigenvalue weighted by Gasteiger charge is -2.13. The number of thiophene rings is 1. The van der Waals surface area contributed by atoms with E-state index in [1.54, 1.807) is 6.92 Å². The fourth-order valence-electron chi connectivity index (χ4n) is 1.28. The molecule has 0 saturated carbocycles. The van der Waals surface area contributed by atoms with E-state index in [1.807, 2.05) is 6.26 Å². The van der Waals surface area contributed by atoms with Crippen LogP contribution in [0.2, 0.25) is 0 Å². The van der Waals surface area contributed by atoms with Gasteiger partial charge in [0.25, 0.3) is 10.0 Å². The monoisotopic (exact) mass is 387 g/mol. The second-order valence-corrected chi connectivity index (χ2v) is 9.11. The normalized spacial score (nSPS) is 13.4. The first kappa shape index (κ1) is 17.0. The number of nitrogens with one attached hydrogen (secondary N) is 1. The summed E-state index contributed by atoms with van der Waals surface area (Å²) in [5.74, 6) is -0.586. The number of hydrogen-bond acceptors (Lipinski definition) is 5. The standard InChI is InChI=1S/C10H14BrNO4S3/c1-6-5-8(18-9(6)11)19(15,16)12-7(10(13)14)3-4-17-2/h5,7,12H,3-4H2,1-2H3,(H,13,14)/t7-/m1/s1. The van der Waals surface area contributed by atoms with Crippen LogP contribution in [0.5, 0.6) is 0 Å². The van der Waals surface area contributed by atoms with Gasteiger partial charge in [-0.05, 0) is 52.9 Å². The lowest BCUT2D eigenvalue weighted by molar-refractivity contribution is -0.139. The summed E-state index contributed by atoms with van der Waals surface area (Å²) in [6, 6.07) is 0.420. The van der Waals surface area contributed by atoms with Gasteiger partial charge in [-0.15, -0.1) is 11.3 Å². The Balaban J connectivity index is 2.90. The number of rotatable bonds is 7. The van der Waals surface area contributed by atoms with Gasteiger partial charge in [0.15, 0.2) is 0 Å². The zero-order valence-electron chi connectivity index (χ0n) is 10.3. The number of carboxylic acids is 1. The van der Waals surface area contributed by atoms with Gasteiger partial charge in [0.1, 0.15) is 10.3 Å². The molecule has 108 valence electrons. The van der Waals surface area contributed by atoms with Gasteiger partial charge in [0.05, 0.1) is 3.79 Å². The van der Waals surface area contributed by atoms with Crippen molar-refractivity contribution in [3.63, 3.8) is 0 Å². The highest BCUT2D eigenvalue weighted by atomic mass is 79.9. The molecule has 0 saturated heterocycles. The van der Waals surface area contributed by atoms with Gasteiger partial charge in [0, 0.05) is 0 Å². The van der Waals surface area contributed by atoms with Crippen molar-refractivity contribution in [2.24, 2.45) is 0 Å². The van der Waals surface area contributed by atoms with Gasteiger partial charge >= 0.3 is 5.97 Å². The minimum atomic E-state index is -3.79. The van der Waals surface area contributed by atoms with Gasteiger partial charge in [-0.1, -0.05) is 0 Å². The molecule has 0 spiro atoms. The van der Waals surface area contributed by atoms with Crippen molar-refractivity contribution in [3.05, 3.63) is 15.4 Å². The van der Waals surface area contributed by atoms with Crippen molar-refractivity contribution < 1.29 is 18.3 Å². The van der Waals surface area contributed by atoms with Crippen LogP contribution in [-0.2, 0) is 14.8 Å². The third-order valence-corrected chi connectivity index (χ3v) is 7.03. The SMILES string of the molecule is CSCC[C@@H](NS(=O)(=O)c1cc(C)c(Br)s1)C(=O)O. The number of halogens is 1. The van der Waals surface area contributed by atoms with E-state index < -0.39 is 22.0 Å². The second-order valence-electron chi connectivity index (χ2n) is 3.82. The van der Waals surface area contributed by atoms with Gasteiger partial charge in [-0.25, -0.2) is 8.42 Å². The predicted molar refractivity (Wildman–Crippen MR) is 81.5 cm³/mol. The summed E-state index contributed by atoms with van der Waals surface area (Å²) < 4.78 is 27.2. The van der Waals surface area contributed by atoms with Crippen LogP contribution < -0.4 is 4.72 Å². The maximum atomic E-state index is 12.1. The average molecular weight is 388 g/mol. The van der Waals surface area contributed by atoms with Gasteiger partial charge in [0.2, 0.25) is 0 Å². The Labute approximate surface area is 129 Å². The highest BCUT2D eigenvalue weighted by Gasteiger charge is 2.26. The summed E-state index contributed by atoms with van der Waals surface area (Å²) in [6.07, 6.45) is 2.09. The van der Waals surface area contributed by atoms with Crippen molar-refractivity contribution >= 4 is 55.0 Å². The van der Waals surface area contributed by atoms with Gasteiger partial charge in [-0.2, -0.15) is 16.5 Å². The molecule has 0 amide bonds. The molecule has 1 atom stereocenters. The molecule has 0 aliphatic heterocycles. The molecular weight excluding hydrogens is 374 g/mol. The van der Waals surface area contributed by atoms with Crippen molar-refractivity contribution in [3.8, 4) is 0 Å². The molecule has 9 heteroatoms. The van der Waals surface area contributed by atoms with Gasteiger partial charge in [-0.3, -0.25) is 4.79 Å². The van der Waals surface area contributed by atoms with Crippen molar-refractivity contribution in [1.29, 1.82) is 0 Å². The topological polar surface area (TPSA) is 83.5 Å². The summed E-state index contributed by atoms with van der Waals surface area (Å²) in [5.41, 5.74) is 0.807. The van der Waals surface area contributed by atoms with E-state index in [4.69, 9.17) is 5.11 Å². The van der Waals surface area contributed by atoms with Crippen LogP contribution >= 0.6 is 39.0 Å². The first-order valence-corrected chi connectivity index (χ1v) is 9.76. The molecule has 1 aromatic rings. The van der Waals surface area contributed by atoms with E-state index in [0.717, 1.165) is 20.7 Å². The molecule has 0 radical (unpaired) electrons. The third kappa shape index (κ3) is 4.75. The smallest absolute Gasteiger partial charge is 0.321 e. The fraction of sp³-hybridized carbons (Fsp3) is 0.500. The van der Waals surface area contributed by atoms with Crippen LogP contribution in [-0.4, -0.2) is 37.5 Å². The summed E-state index contributed by atoms with van der Waals surface area (Å²) in [5, 5.41) is 9.03. The Kier molecular flexibility index (Phi) is 6.31. The molecule has 1 rings (SSSR count). The molecule has 1 heterocycles. The number of carbonyl (C=O) groups is 1. The zero-order chi connectivity index (χ0) is 14.6. The fourth-order valence-corrected chi connectivity index (χ4v) is 5.22. The summed E-state index contributed by atoms with van der Waals surface area (Å²) in [6.45, 7) is 1.78. The number of hydrogen-bond donors (Lipinski definition) is 2. The molecule has 0 aliphatic rings. The lowest BCUT2D eigenvalue weighted by atomic mass is 10.2. The largest absolute Gasteiger partial charge is 0.480 e. The quantitative estimate of drug-likeness (QED) is 0.749. The summed E-state index contributed by atoms with van der Waals surface area (Å²) in [7, 11) is -3.79. The van der Waals surface area contributed by atoms with Crippen LogP contribution in [0.4, 0.5) is 0 Å². The van der Waals surface area contributed by atoms with Crippen molar-refractivity contribution in [1.82, 2.24) is 4.72 Å². The number of sulfonamides is 1. The molecule has 0 bridgehead atoms. The first-order valence-electron chi connectivity index (χ1n) is 5.28. The molecule has 1 aromatic heterocycles. The Bertz CT molecular complexity index is 536. The van der Waals surface area contributed by atoms with E-state index >= 15 is 0 Å². The minimum Gasteiger partial charge on any atom is -0.480 e. The van der Waals surface area contributed by atoms with Crippen LogP contribution in [0.3, 0.4) is 0 Å². The first-order chi connectivity index (χ1) is 8.77. The number of carboxylic acid groups (broad SMARTS) is 1. The van der Waals surface area contributed by atoms with E-state index in [1.165, 1.54) is 17.8 Å². The lowest BCUT2D eigenvalue weighted by Crippen LogP contribution is -2.40. The molecule has 0 aromatic carbocycles. The maximum absolute atomic E-state index is 12.1. The van der Waals surface area contributed by atoms with Crippen molar-refractivity contribution in [2.75, 3.05) is 12.0 Å². The third-order valence-electron chi connectivity index (χ3n) is 2.31. The Morgan fingerprint density at radius 3 is 2.68 bits per heavy atom. The molecule has 0 fully saturated rings. The summed E-state index contributed by atoms with van der Waals surface area (Å²) in [4.78, 5) is 11.0. The number of thioether (sulfide) groups is 1. The Morgan fingerprint density at radius 1 is 1.63 bits per heavy atom. The van der Waals surface area contributed by atoms with E-state index in [-0.39, 0.29) is 10.6 Å². The number of aliphatic carboxylic acids is 1. The van der Waals surface area contributed by atoms with Crippen LogP contribution in [0.25, 0.3) is 0 Å². The molecule has 19 heavy (non-hydrogen) atoms. The van der Waals surface area contributed by atoms with E-state index in [0.29, 0.717) is 5.75 Å². The van der Waals surface area contributed by atoms with Gasteiger partial charge < -0.3 is 5.11 Å². The molecule has 5 nitrogen and oxygen atoms in total. The minimum absolute atomic E-state index is 0.118.